The van der Waals surface area contributed by atoms with Crippen LogP contribution in [0.4, 0.5) is 0 Å². The van der Waals surface area contributed by atoms with Crippen LogP contribution in [0.5, 0.6) is 0 Å². The number of benzene rings is 2. The zero-order valence-corrected chi connectivity index (χ0v) is 18.6. The van der Waals surface area contributed by atoms with Gasteiger partial charge in [-0.25, -0.2) is 0 Å². The number of carbonyl (C=O) groups is 2. The van der Waals surface area contributed by atoms with Gasteiger partial charge in [-0.1, -0.05) is 41.9 Å². The van der Waals surface area contributed by atoms with E-state index in [-0.39, 0.29) is 10.7 Å². The van der Waals surface area contributed by atoms with Crippen LogP contribution in [0.3, 0.4) is 0 Å². The van der Waals surface area contributed by atoms with Crippen LogP contribution in [-0.4, -0.2) is 26.4 Å². The van der Waals surface area contributed by atoms with Gasteiger partial charge in [0.2, 0.25) is 0 Å². The summed E-state index contributed by atoms with van der Waals surface area (Å²) in [6.07, 6.45) is 1.63. The average molecular weight is 450 g/mol. The summed E-state index contributed by atoms with van der Waals surface area (Å²) >= 11 is 11.3. The van der Waals surface area contributed by atoms with E-state index in [1.165, 1.54) is 4.90 Å². The van der Waals surface area contributed by atoms with Crippen molar-refractivity contribution in [2.24, 2.45) is 0 Å². The minimum Gasteiger partial charge on any atom is -0.318 e. The van der Waals surface area contributed by atoms with E-state index in [2.05, 4.69) is 9.88 Å². The number of halogens is 1. The van der Waals surface area contributed by atoms with Gasteiger partial charge in [0, 0.05) is 22.1 Å². The fourth-order valence-corrected chi connectivity index (χ4v) is 4.05. The molecule has 156 valence electrons. The Labute approximate surface area is 190 Å². The number of thiocarbonyl (C=S) groups is 1. The standard InChI is InChI=1S/C24H20ClN3O2S/c1-15-12-18(16(2)28(15)20-10-8-19(25)9-11-20)13-21-22(29)26-24(31)27(23(21)30)14-17-6-4-3-5-7-17/h3-13H,14H2,1-2H3,(H,26,29,31)/b21-13+. The Bertz CT molecular complexity index is 1210. The lowest BCUT2D eigenvalue weighted by Crippen LogP contribution is -2.53. The average Bonchev–Trinajstić information content (AvgIpc) is 3.03. The van der Waals surface area contributed by atoms with Crippen molar-refractivity contribution in [1.29, 1.82) is 0 Å². The molecule has 0 bridgehead atoms. The van der Waals surface area contributed by atoms with Gasteiger partial charge in [-0.15, -0.1) is 0 Å². The van der Waals surface area contributed by atoms with Gasteiger partial charge in [0.1, 0.15) is 5.57 Å². The molecule has 0 aliphatic carbocycles. The molecule has 2 heterocycles. The van der Waals surface area contributed by atoms with Crippen LogP contribution >= 0.6 is 23.8 Å². The first-order chi connectivity index (χ1) is 14.8. The molecule has 4 rings (SSSR count). The Balaban J connectivity index is 1.69. The number of hydrogen-bond acceptors (Lipinski definition) is 3. The highest BCUT2D eigenvalue weighted by molar-refractivity contribution is 7.80. The molecule has 0 unspecified atom stereocenters. The van der Waals surface area contributed by atoms with E-state index in [1.807, 2.05) is 74.5 Å². The third kappa shape index (κ3) is 4.17. The van der Waals surface area contributed by atoms with Crippen LogP contribution in [0.1, 0.15) is 22.5 Å². The minimum absolute atomic E-state index is 0.0564. The zero-order chi connectivity index (χ0) is 22.1. The maximum absolute atomic E-state index is 13.2. The molecule has 0 saturated carbocycles. The molecule has 2 amide bonds. The number of hydrogen-bond donors (Lipinski definition) is 1. The van der Waals surface area contributed by atoms with E-state index in [0.717, 1.165) is 28.2 Å². The molecule has 1 aliphatic rings. The molecule has 5 nitrogen and oxygen atoms in total. The fraction of sp³-hybridized carbons (Fsp3) is 0.125. The predicted molar refractivity (Wildman–Crippen MR) is 126 cm³/mol. The van der Waals surface area contributed by atoms with Crippen molar-refractivity contribution in [3.05, 3.63) is 93.8 Å². The van der Waals surface area contributed by atoms with Gasteiger partial charge in [-0.3, -0.25) is 19.8 Å². The highest BCUT2D eigenvalue weighted by Gasteiger charge is 2.33. The Hall–Kier alpha value is -3.22. The number of rotatable bonds is 4. The van der Waals surface area contributed by atoms with Crippen molar-refractivity contribution in [1.82, 2.24) is 14.8 Å². The Morgan fingerprint density at radius 1 is 1.03 bits per heavy atom. The van der Waals surface area contributed by atoms with Crippen LogP contribution in [0, 0.1) is 13.8 Å². The molecule has 1 fully saturated rings. The van der Waals surface area contributed by atoms with Crippen LogP contribution in [-0.2, 0) is 16.1 Å². The van der Waals surface area contributed by atoms with E-state index >= 15 is 0 Å². The van der Waals surface area contributed by atoms with Gasteiger partial charge in [0.15, 0.2) is 5.11 Å². The first-order valence-electron chi connectivity index (χ1n) is 9.73. The molecule has 1 saturated heterocycles. The van der Waals surface area contributed by atoms with Gasteiger partial charge in [0.25, 0.3) is 11.8 Å². The number of aromatic nitrogens is 1. The Morgan fingerprint density at radius 3 is 2.39 bits per heavy atom. The predicted octanol–water partition coefficient (Wildman–Crippen LogP) is 4.57. The van der Waals surface area contributed by atoms with Crippen molar-refractivity contribution in [3.8, 4) is 5.69 Å². The van der Waals surface area contributed by atoms with E-state index < -0.39 is 11.8 Å². The molecule has 2 aromatic carbocycles. The molecule has 0 radical (unpaired) electrons. The molecule has 1 aliphatic heterocycles. The van der Waals surface area contributed by atoms with Crippen LogP contribution in [0.2, 0.25) is 5.02 Å². The number of aryl methyl sites for hydroxylation is 1. The summed E-state index contributed by atoms with van der Waals surface area (Å²) in [6, 6.07) is 19.0. The summed E-state index contributed by atoms with van der Waals surface area (Å²) in [5.41, 5.74) is 4.62. The molecule has 0 atom stereocenters. The van der Waals surface area contributed by atoms with E-state index in [9.17, 15) is 9.59 Å². The van der Waals surface area contributed by atoms with Crippen molar-refractivity contribution >= 4 is 46.8 Å². The molecule has 1 aromatic heterocycles. The summed E-state index contributed by atoms with van der Waals surface area (Å²) in [6.45, 7) is 4.22. The molecule has 7 heteroatoms. The SMILES string of the molecule is Cc1cc(/C=C2\C(=O)NC(=S)N(Cc3ccccc3)C2=O)c(C)n1-c1ccc(Cl)cc1. The highest BCUT2D eigenvalue weighted by Crippen LogP contribution is 2.25. The monoisotopic (exact) mass is 449 g/mol. The van der Waals surface area contributed by atoms with Crippen LogP contribution in [0.15, 0.2) is 66.2 Å². The first-order valence-corrected chi connectivity index (χ1v) is 10.5. The second-order valence-corrected chi connectivity index (χ2v) is 8.16. The van der Waals surface area contributed by atoms with Gasteiger partial charge < -0.3 is 4.57 Å². The molecule has 1 N–H and O–H groups in total. The van der Waals surface area contributed by atoms with Crippen molar-refractivity contribution in [2.45, 2.75) is 20.4 Å². The lowest BCUT2D eigenvalue weighted by atomic mass is 10.1. The maximum Gasteiger partial charge on any atom is 0.265 e. The van der Waals surface area contributed by atoms with E-state index in [0.29, 0.717) is 11.6 Å². The van der Waals surface area contributed by atoms with Crippen LogP contribution < -0.4 is 5.32 Å². The minimum atomic E-state index is -0.490. The smallest absolute Gasteiger partial charge is 0.265 e. The summed E-state index contributed by atoms with van der Waals surface area (Å²) in [4.78, 5) is 27.2. The quantitative estimate of drug-likeness (QED) is 0.360. The van der Waals surface area contributed by atoms with Gasteiger partial charge in [0.05, 0.1) is 6.54 Å². The number of carbonyl (C=O) groups excluding carboxylic acids is 2. The summed E-state index contributed by atoms with van der Waals surface area (Å²) < 4.78 is 2.06. The lowest BCUT2D eigenvalue weighted by Gasteiger charge is -2.29. The highest BCUT2D eigenvalue weighted by atomic mass is 35.5. The van der Waals surface area contributed by atoms with E-state index in [4.69, 9.17) is 23.8 Å². The van der Waals surface area contributed by atoms with Gasteiger partial charge in [-0.05, 0) is 73.6 Å². The van der Waals surface area contributed by atoms with Crippen molar-refractivity contribution in [3.63, 3.8) is 0 Å². The number of nitrogens with one attached hydrogen (secondary N) is 1. The second kappa shape index (κ2) is 8.49. The molecule has 3 aromatic rings. The van der Waals surface area contributed by atoms with Crippen molar-refractivity contribution in [2.75, 3.05) is 0 Å². The topological polar surface area (TPSA) is 54.3 Å². The van der Waals surface area contributed by atoms with Gasteiger partial charge in [-0.2, -0.15) is 0 Å². The number of nitrogens with zero attached hydrogens (tertiary/aromatic N) is 2. The fourth-order valence-electron chi connectivity index (χ4n) is 3.68. The third-order valence-electron chi connectivity index (χ3n) is 5.22. The normalized spacial score (nSPS) is 15.5. The molecular weight excluding hydrogens is 430 g/mol. The molecule has 0 spiro atoms. The third-order valence-corrected chi connectivity index (χ3v) is 5.80. The molecule has 31 heavy (non-hydrogen) atoms. The summed E-state index contributed by atoms with van der Waals surface area (Å²) in [5, 5.41) is 3.41. The van der Waals surface area contributed by atoms with Crippen LogP contribution in [0.25, 0.3) is 11.8 Å². The van der Waals surface area contributed by atoms with E-state index in [1.54, 1.807) is 6.08 Å². The number of amides is 2. The summed E-state index contributed by atoms with van der Waals surface area (Å²) in [7, 11) is 0. The lowest BCUT2D eigenvalue weighted by molar-refractivity contribution is -0.129. The zero-order valence-electron chi connectivity index (χ0n) is 17.1. The van der Waals surface area contributed by atoms with Gasteiger partial charge >= 0.3 is 0 Å². The van der Waals surface area contributed by atoms with Crippen molar-refractivity contribution < 1.29 is 9.59 Å². The Kier molecular flexibility index (Phi) is 5.76. The molecular formula is C24H20ClN3O2S. The maximum atomic E-state index is 13.2. The largest absolute Gasteiger partial charge is 0.318 e. The second-order valence-electron chi connectivity index (χ2n) is 7.33. The first kappa shape index (κ1) is 21.0. The Morgan fingerprint density at radius 2 is 1.71 bits per heavy atom. The summed E-state index contributed by atoms with van der Waals surface area (Å²) in [5.74, 6) is -0.899.